The zero-order valence-electron chi connectivity index (χ0n) is 10.4. The van der Waals surface area contributed by atoms with Crippen LogP contribution in [-0.4, -0.2) is 11.6 Å². The van der Waals surface area contributed by atoms with Crippen LogP contribution in [0.15, 0.2) is 35.9 Å². The molecule has 0 atom stereocenters. The molecule has 1 aliphatic carbocycles. The van der Waals surface area contributed by atoms with Crippen LogP contribution < -0.4 is 0 Å². The average Bonchev–Trinajstić information content (AvgIpc) is 2.33. The molecule has 0 unspecified atom stereocenters. The average molecular weight is 228 g/mol. The summed E-state index contributed by atoms with van der Waals surface area (Å²) in [4.78, 5) is 24.3. The summed E-state index contributed by atoms with van der Waals surface area (Å²) in [7, 11) is 0. The lowest BCUT2D eigenvalue weighted by atomic mass is 9.74. The SMILES string of the molecule is CCC(C)(C)C1=CC(=O)c2ccccc2C1=O. The highest BCUT2D eigenvalue weighted by Gasteiger charge is 2.33. The van der Waals surface area contributed by atoms with Crippen molar-refractivity contribution >= 4 is 11.6 Å². The van der Waals surface area contributed by atoms with E-state index in [1.165, 1.54) is 6.08 Å². The van der Waals surface area contributed by atoms with Crippen LogP contribution in [0, 0.1) is 5.41 Å². The Morgan fingerprint density at radius 2 is 1.65 bits per heavy atom. The van der Waals surface area contributed by atoms with Gasteiger partial charge in [0.1, 0.15) is 0 Å². The highest BCUT2D eigenvalue weighted by Crippen LogP contribution is 2.35. The number of carbonyl (C=O) groups excluding carboxylic acids is 2. The third kappa shape index (κ3) is 1.84. The summed E-state index contributed by atoms with van der Waals surface area (Å²) in [6.45, 7) is 6.02. The number of benzene rings is 1. The summed E-state index contributed by atoms with van der Waals surface area (Å²) in [6.07, 6.45) is 2.34. The van der Waals surface area contributed by atoms with Crippen LogP contribution >= 0.6 is 0 Å². The summed E-state index contributed by atoms with van der Waals surface area (Å²) in [6, 6.07) is 7.02. The molecule has 0 heterocycles. The van der Waals surface area contributed by atoms with Crippen molar-refractivity contribution in [2.75, 3.05) is 0 Å². The molecule has 0 aliphatic heterocycles. The van der Waals surface area contributed by atoms with Gasteiger partial charge >= 0.3 is 0 Å². The quantitative estimate of drug-likeness (QED) is 0.777. The van der Waals surface area contributed by atoms with Crippen LogP contribution in [0.5, 0.6) is 0 Å². The lowest BCUT2D eigenvalue weighted by Crippen LogP contribution is -2.26. The topological polar surface area (TPSA) is 34.1 Å². The third-order valence-electron chi connectivity index (χ3n) is 3.57. The molecule has 2 nitrogen and oxygen atoms in total. The van der Waals surface area contributed by atoms with Crippen molar-refractivity contribution < 1.29 is 9.59 Å². The van der Waals surface area contributed by atoms with Crippen LogP contribution in [0.4, 0.5) is 0 Å². The predicted octanol–water partition coefficient (Wildman–Crippen LogP) is 3.43. The van der Waals surface area contributed by atoms with E-state index in [0.29, 0.717) is 16.7 Å². The van der Waals surface area contributed by atoms with Crippen molar-refractivity contribution in [3.8, 4) is 0 Å². The molecule has 2 heteroatoms. The second-order valence-electron chi connectivity index (χ2n) is 5.03. The van der Waals surface area contributed by atoms with E-state index in [1.54, 1.807) is 24.3 Å². The van der Waals surface area contributed by atoms with E-state index in [0.717, 1.165) is 6.42 Å². The molecular weight excluding hydrogens is 212 g/mol. The van der Waals surface area contributed by atoms with E-state index in [9.17, 15) is 9.59 Å². The Hall–Kier alpha value is -1.70. The van der Waals surface area contributed by atoms with Crippen LogP contribution in [0.3, 0.4) is 0 Å². The number of carbonyl (C=O) groups is 2. The van der Waals surface area contributed by atoms with Gasteiger partial charge in [0.15, 0.2) is 11.6 Å². The summed E-state index contributed by atoms with van der Waals surface area (Å²) < 4.78 is 0. The zero-order chi connectivity index (χ0) is 12.6. The van der Waals surface area contributed by atoms with Gasteiger partial charge in [-0.3, -0.25) is 9.59 Å². The minimum absolute atomic E-state index is 0.00736. The molecule has 1 aromatic carbocycles. The molecule has 0 N–H and O–H groups in total. The first-order valence-corrected chi connectivity index (χ1v) is 5.87. The van der Waals surface area contributed by atoms with Crippen LogP contribution in [0.2, 0.25) is 0 Å². The van der Waals surface area contributed by atoms with E-state index in [-0.39, 0.29) is 17.0 Å². The molecule has 17 heavy (non-hydrogen) atoms. The first-order chi connectivity index (χ1) is 7.97. The number of Topliss-reactive ketones (excluding diaryl/α,β-unsaturated/α-hetero) is 1. The fourth-order valence-corrected chi connectivity index (χ4v) is 2.01. The molecule has 0 aromatic heterocycles. The molecule has 88 valence electrons. The normalized spacial score (nSPS) is 15.6. The molecule has 1 aliphatic rings. The second-order valence-corrected chi connectivity index (χ2v) is 5.03. The number of allylic oxidation sites excluding steroid dienone is 2. The van der Waals surface area contributed by atoms with Gasteiger partial charge in [0.25, 0.3) is 0 Å². The third-order valence-corrected chi connectivity index (χ3v) is 3.57. The fourth-order valence-electron chi connectivity index (χ4n) is 2.01. The summed E-state index contributed by atoms with van der Waals surface area (Å²) >= 11 is 0. The lowest BCUT2D eigenvalue weighted by Gasteiger charge is -2.28. The molecule has 0 radical (unpaired) electrons. The number of rotatable bonds is 2. The second kappa shape index (κ2) is 3.95. The van der Waals surface area contributed by atoms with Crippen molar-refractivity contribution in [2.24, 2.45) is 5.41 Å². The Labute approximate surface area is 101 Å². The van der Waals surface area contributed by atoms with Crippen LogP contribution in [-0.2, 0) is 0 Å². The minimum Gasteiger partial charge on any atom is -0.289 e. The van der Waals surface area contributed by atoms with Crippen molar-refractivity contribution in [3.05, 3.63) is 47.0 Å². The van der Waals surface area contributed by atoms with Crippen molar-refractivity contribution in [2.45, 2.75) is 27.2 Å². The number of hydrogen-bond donors (Lipinski definition) is 0. The molecule has 2 rings (SSSR count). The monoisotopic (exact) mass is 228 g/mol. The zero-order valence-corrected chi connectivity index (χ0v) is 10.4. The van der Waals surface area contributed by atoms with Gasteiger partial charge in [-0.25, -0.2) is 0 Å². The van der Waals surface area contributed by atoms with Crippen LogP contribution in [0.25, 0.3) is 0 Å². The summed E-state index contributed by atoms with van der Waals surface area (Å²) in [5.74, 6) is -0.0659. The van der Waals surface area contributed by atoms with Crippen molar-refractivity contribution in [1.82, 2.24) is 0 Å². The summed E-state index contributed by atoms with van der Waals surface area (Å²) in [5, 5.41) is 0. The molecule has 0 saturated heterocycles. The van der Waals surface area contributed by atoms with Gasteiger partial charge in [-0.05, 0) is 17.9 Å². The van der Waals surface area contributed by atoms with Gasteiger partial charge < -0.3 is 0 Å². The van der Waals surface area contributed by atoms with Gasteiger partial charge in [0.2, 0.25) is 0 Å². The van der Waals surface area contributed by atoms with E-state index >= 15 is 0 Å². The maximum atomic E-state index is 12.3. The Morgan fingerprint density at radius 3 is 2.24 bits per heavy atom. The highest BCUT2D eigenvalue weighted by molar-refractivity contribution is 6.24. The van der Waals surface area contributed by atoms with Gasteiger partial charge in [-0.1, -0.05) is 45.0 Å². The number of hydrogen-bond acceptors (Lipinski definition) is 2. The van der Waals surface area contributed by atoms with Crippen LogP contribution in [0.1, 0.15) is 47.9 Å². The van der Waals surface area contributed by atoms with E-state index < -0.39 is 0 Å². The number of ketones is 2. The van der Waals surface area contributed by atoms with E-state index in [1.807, 2.05) is 20.8 Å². The van der Waals surface area contributed by atoms with Gasteiger partial charge in [0.05, 0.1) is 0 Å². The molecule has 0 spiro atoms. The van der Waals surface area contributed by atoms with Crippen molar-refractivity contribution in [3.63, 3.8) is 0 Å². The maximum absolute atomic E-state index is 12.3. The molecule has 0 bridgehead atoms. The fraction of sp³-hybridized carbons (Fsp3) is 0.333. The summed E-state index contributed by atoms with van der Waals surface area (Å²) in [5.41, 5.74) is 1.44. The maximum Gasteiger partial charge on any atom is 0.190 e. The smallest absolute Gasteiger partial charge is 0.190 e. The molecule has 0 fully saturated rings. The van der Waals surface area contributed by atoms with Gasteiger partial charge in [-0.15, -0.1) is 0 Å². The van der Waals surface area contributed by atoms with E-state index in [2.05, 4.69) is 0 Å². The Morgan fingerprint density at radius 1 is 1.06 bits per heavy atom. The van der Waals surface area contributed by atoms with E-state index in [4.69, 9.17) is 0 Å². The predicted molar refractivity (Wildman–Crippen MR) is 67.3 cm³/mol. The Kier molecular flexibility index (Phi) is 2.74. The Bertz CT molecular complexity index is 521. The Balaban J connectivity index is 2.57. The lowest BCUT2D eigenvalue weighted by molar-refractivity contribution is 0.0963. The first-order valence-electron chi connectivity index (χ1n) is 5.87. The molecule has 0 saturated carbocycles. The largest absolute Gasteiger partial charge is 0.289 e. The van der Waals surface area contributed by atoms with Gasteiger partial charge in [0, 0.05) is 16.7 Å². The first kappa shape index (κ1) is 11.8. The number of fused-ring (bicyclic) bond motifs is 1. The van der Waals surface area contributed by atoms with Crippen molar-refractivity contribution in [1.29, 1.82) is 0 Å². The minimum atomic E-state index is -0.250. The molecule has 1 aromatic rings. The molecular formula is C15H16O2. The van der Waals surface area contributed by atoms with Gasteiger partial charge in [-0.2, -0.15) is 0 Å². The standard InChI is InChI=1S/C15H16O2/c1-4-15(2,3)12-9-13(16)10-7-5-6-8-11(10)14(12)17/h5-9H,4H2,1-3H3. The molecule has 0 amide bonds. The highest BCUT2D eigenvalue weighted by atomic mass is 16.1.